The highest BCUT2D eigenvalue weighted by atomic mass is 19.1. The zero-order valence-electron chi connectivity index (χ0n) is 10.8. The van der Waals surface area contributed by atoms with Gasteiger partial charge < -0.3 is 9.84 Å². The minimum Gasteiger partial charge on any atom is -0.461 e. The maximum absolute atomic E-state index is 14.2. The van der Waals surface area contributed by atoms with Crippen LogP contribution in [0, 0.1) is 5.82 Å². The third-order valence-corrected chi connectivity index (χ3v) is 2.79. The first-order valence-corrected chi connectivity index (χ1v) is 6.06. The number of aliphatic hydroxyl groups excluding tert-OH is 1. The van der Waals surface area contributed by atoms with Crippen molar-refractivity contribution in [3.05, 3.63) is 29.2 Å². The fourth-order valence-corrected chi connectivity index (χ4v) is 1.95. The number of aliphatic hydroxyl groups is 1. The highest BCUT2D eigenvalue weighted by Gasteiger charge is 2.22. The van der Waals surface area contributed by atoms with Gasteiger partial charge in [0, 0.05) is 5.39 Å². The Kier molecular flexibility index (Phi) is 4.09. The van der Waals surface area contributed by atoms with Gasteiger partial charge >= 0.3 is 5.97 Å². The van der Waals surface area contributed by atoms with Gasteiger partial charge in [0.25, 0.3) is 0 Å². The van der Waals surface area contributed by atoms with Crippen molar-refractivity contribution < 1.29 is 23.8 Å². The molecule has 6 nitrogen and oxygen atoms in total. The summed E-state index contributed by atoms with van der Waals surface area (Å²) in [6, 6.07) is 2.72. The Hall–Kier alpha value is -2.28. The number of carbonyl (C=O) groups excluding carboxylic acids is 2. The maximum Gasteiger partial charge on any atom is 0.359 e. The second-order valence-electron chi connectivity index (χ2n) is 4.00. The number of esters is 1. The molecular weight excluding hydrogens is 267 g/mol. The Morgan fingerprint density at radius 3 is 2.90 bits per heavy atom. The topological polar surface area (TPSA) is 81.4 Å². The number of nitrogens with zero attached hydrogens (tertiary/aromatic N) is 2. The van der Waals surface area contributed by atoms with Crippen molar-refractivity contribution in [2.24, 2.45) is 0 Å². The summed E-state index contributed by atoms with van der Waals surface area (Å²) in [7, 11) is 0. The molecule has 0 bridgehead atoms. The quantitative estimate of drug-likeness (QED) is 0.656. The smallest absolute Gasteiger partial charge is 0.359 e. The Morgan fingerprint density at radius 1 is 1.55 bits per heavy atom. The van der Waals surface area contributed by atoms with Gasteiger partial charge in [-0.2, -0.15) is 5.10 Å². The molecule has 0 atom stereocenters. The maximum atomic E-state index is 14.2. The van der Waals surface area contributed by atoms with Gasteiger partial charge in [-0.25, -0.2) is 9.18 Å². The molecule has 0 saturated carbocycles. The molecule has 0 aliphatic carbocycles. The number of carbonyl (C=O) groups is 2. The van der Waals surface area contributed by atoms with Gasteiger partial charge in [0.05, 0.1) is 25.3 Å². The van der Waals surface area contributed by atoms with Crippen LogP contribution in [0.1, 0.15) is 27.8 Å². The molecule has 2 aromatic rings. The number of rotatable bonds is 5. The van der Waals surface area contributed by atoms with E-state index in [4.69, 9.17) is 9.84 Å². The van der Waals surface area contributed by atoms with E-state index < -0.39 is 11.8 Å². The Bertz CT molecular complexity index is 666. The molecule has 20 heavy (non-hydrogen) atoms. The predicted octanol–water partition coefficient (Wildman–Crippen LogP) is 1.16. The van der Waals surface area contributed by atoms with Crippen molar-refractivity contribution in [1.82, 2.24) is 9.78 Å². The molecular formula is C13H13FN2O4. The van der Waals surface area contributed by atoms with Crippen LogP contribution >= 0.6 is 0 Å². The van der Waals surface area contributed by atoms with Crippen molar-refractivity contribution in [2.75, 3.05) is 13.2 Å². The van der Waals surface area contributed by atoms with Crippen LogP contribution in [-0.2, 0) is 11.3 Å². The third kappa shape index (κ3) is 2.27. The second-order valence-corrected chi connectivity index (χ2v) is 4.00. The largest absolute Gasteiger partial charge is 0.461 e. The number of ether oxygens (including phenoxy) is 1. The third-order valence-electron chi connectivity index (χ3n) is 2.79. The number of halogens is 1. The van der Waals surface area contributed by atoms with Crippen LogP contribution in [-0.4, -0.2) is 40.4 Å². The van der Waals surface area contributed by atoms with Gasteiger partial charge in [0.2, 0.25) is 0 Å². The van der Waals surface area contributed by atoms with Crippen LogP contribution in [0.3, 0.4) is 0 Å². The Morgan fingerprint density at radius 2 is 2.30 bits per heavy atom. The molecule has 1 aromatic heterocycles. The van der Waals surface area contributed by atoms with E-state index in [-0.39, 0.29) is 41.9 Å². The summed E-state index contributed by atoms with van der Waals surface area (Å²) in [5.74, 6) is -1.44. The molecule has 7 heteroatoms. The van der Waals surface area contributed by atoms with Gasteiger partial charge in [-0.05, 0) is 19.1 Å². The monoisotopic (exact) mass is 280 g/mol. The Balaban J connectivity index is 2.70. The highest BCUT2D eigenvalue weighted by Crippen LogP contribution is 2.24. The number of fused-ring (bicyclic) bond motifs is 1. The lowest BCUT2D eigenvalue weighted by Gasteiger charge is -2.02. The molecule has 1 N–H and O–H groups in total. The van der Waals surface area contributed by atoms with Crippen LogP contribution in [0.2, 0.25) is 0 Å². The van der Waals surface area contributed by atoms with Gasteiger partial charge in [-0.15, -0.1) is 0 Å². The lowest BCUT2D eigenvalue weighted by molar-refractivity contribution is 0.0520. The fraction of sp³-hybridized carbons (Fsp3) is 0.308. The lowest BCUT2D eigenvalue weighted by atomic mass is 10.1. The van der Waals surface area contributed by atoms with Crippen LogP contribution in [0.15, 0.2) is 12.1 Å². The predicted molar refractivity (Wildman–Crippen MR) is 68.1 cm³/mol. The minimum atomic E-state index is -0.769. The summed E-state index contributed by atoms with van der Waals surface area (Å²) in [4.78, 5) is 22.6. The molecule has 0 aliphatic rings. The standard InChI is InChI=1S/C13H13FN2O4/c1-2-20-13(19)11-9-4-3-8(7-18)10(14)12(9)16(15-11)5-6-17/h3-4,7,17H,2,5-6H2,1H3. The normalized spacial score (nSPS) is 10.8. The van der Waals surface area contributed by atoms with Crippen LogP contribution < -0.4 is 0 Å². The first-order valence-electron chi connectivity index (χ1n) is 6.06. The molecule has 0 spiro atoms. The molecule has 0 aliphatic heterocycles. The van der Waals surface area contributed by atoms with Gasteiger partial charge in [0.15, 0.2) is 17.8 Å². The van der Waals surface area contributed by atoms with E-state index in [9.17, 15) is 14.0 Å². The SMILES string of the molecule is CCOC(=O)c1nn(CCO)c2c(F)c(C=O)ccc12. The molecule has 2 rings (SSSR count). The zero-order valence-corrected chi connectivity index (χ0v) is 10.8. The zero-order chi connectivity index (χ0) is 14.7. The number of hydrogen-bond acceptors (Lipinski definition) is 5. The van der Waals surface area contributed by atoms with Crippen LogP contribution in [0.25, 0.3) is 10.9 Å². The van der Waals surface area contributed by atoms with Gasteiger partial charge in [-0.3, -0.25) is 9.48 Å². The van der Waals surface area contributed by atoms with Crippen molar-refractivity contribution in [1.29, 1.82) is 0 Å². The number of aromatic nitrogens is 2. The summed E-state index contributed by atoms with van der Waals surface area (Å²) in [6.45, 7) is 1.55. The average Bonchev–Trinajstić information content (AvgIpc) is 2.80. The molecule has 0 amide bonds. The number of aldehydes is 1. The summed E-state index contributed by atoms with van der Waals surface area (Å²) in [6.07, 6.45) is 0.384. The molecule has 0 unspecified atom stereocenters. The molecule has 0 saturated heterocycles. The van der Waals surface area contributed by atoms with E-state index in [1.54, 1.807) is 6.92 Å². The van der Waals surface area contributed by atoms with E-state index in [0.717, 1.165) is 4.68 Å². The average molecular weight is 280 g/mol. The van der Waals surface area contributed by atoms with Gasteiger partial charge in [-0.1, -0.05) is 0 Å². The molecule has 1 heterocycles. The van der Waals surface area contributed by atoms with Crippen LogP contribution in [0.4, 0.5) is 4.39 Å². The fourth-order valence-electron chi connectivity index (χ4n) is 1.95. The molecule has 1 aromatic carbocycles. The van der Waals surface area contributed by atoms with E-state index in [1.807, 2.05) is 0 Å². The van der Waals surface area contributed by atoms with Crippen molar-refractivity contribution in [2.45, 2.75) is 13.5 Å². The first-order chi connectivity index (χ1) is 9.63. The van der Waals surface area contributed by atoms with Gasteiger partial charge in [0.1, 0.15) is 5.52 Å². The second kappa shape index (κ2) is 5.79. The first kappa shape index (κ1) is 14.1. The van der Waals surface area contributed by atoms with Crippen molar-refractivity contribution in [3.63, 3.8) is 0 Å². The molecule has 0 fully saturated rings. The van der Waals surface area contributed by atoms with E-state index in [1.165, 1.54) is 12.1 Å². The number of hydrogen-bond donors (Lipinski definition) is 1. The molecule has 106 valence electrons. The summed E-state index contributed by atoms with van der Waals surface area (Å²) in [5, 5.41) is 13.2. The Labute approximate surface area is 113 Å². The van der Waals surface area contributed by atoms with Crippen LogP contribution in [0.5, 0.6) is 0 Å². The highest BCUT2D eigenvalue weighted by molar-refractivity contribution is 6.03. The van der Waals surface area contributed by atoms with E-state index in [2.05, 4.69) is 5.10 Å². The minimum absolute atomic E-state index is 0.00621. The summed E-state index contributed by atoms with van der Waals surface area (Å²) < 4.78 is 20.2. The summed E-state index contributed by atoms with van der Waals surface area (Å²) in [5.41, 5.74) is -0.162. The summed E-state index contributed by atoms with van der Waals surface area (Å²) >= 11 is 0. The van der Waals surface area contributed by atoms with E-state index >= 15 is 0 Å². The van der Waals surface area contributed by atoms with E-state index in [0.29, 0.717) is 6.29 Å². The molecule has 0 radical (unpaired) electrons. The number of benzene rings is 1. The lowest BCUT2D eigenvalue weighted by Crippen LogP contribution is -2.09. The van der Waals surface area contributed by atoms with Crippen molar-refractivity contribution in [3.8, 4) is 0 Å². The van der Waals surface area contributed by atoms with Crippen molar-refractivity contribution >= 4 is 23.2 Å².